The molecule has 0 amide bonds. The summed E-state index contributed by atoms with van der Waals surface area (Å²) in [6.07, 6.45) is -3.44. The van der Waals surface area contributed by atoms with Gasteiger partial charge in [0.25, 0.3) is 10.0 Å². The Morgan fingerprint density at radius 3 is 2.52 bits per heavy atom. The highest BCUT2D eigenvalue weighted by atomic mass is 79.9. The van der Waals surface area contributed by atoms with Gasteiger partial charge in [0.05, 0.1) is 19.0 Å². The number of halogens is 4. The molecule has 11 heteroatoms. The molecule has 0 saturated carbocycles. The van der Waals surface area contributed by atoms with Crippen molar-refractivity contribution < 1.29 is 31.1 Å². The summed E-state index contributed by atoms with van der Waals surface area (Å²) in [4.78, 5) is 3.52. The van der Waals surface area contributed by atoms with Crippen molar-refractivity contribution >= 4 is 31.6 Å². The fourth-order valence-electron chi connectivity index (χ4n) is 1.75. The van der Waals surface area contributed by atoms with E-state index < -0.39 is 22.8 Å². The summed E-state index contributed by atoms with van der Waals surface area (Å²) in [5, 5.41) is 0. The van der Waals surface area contributed by atoms with Gasteiger partial charge in [-0.25, -0.2) is 13.4 Å². The molecular weight excluding hydrogens is 429 g/mol. The maximum Gasteiger partial charge on any atom is 0.422 e. The summed E-state index contributed by atoms with van der Waals surface area (Å²) < 4.78 is 73.4. The van der Waals surface area contributed by atoms with E-state index in [1.54, 1.807) is 6.07 Å². The molecule has 0 aliphatic carbocycles. The number of anilines is 1. The van der Waals surface area contributed by atoms with Gasteiger partial charge in [-0.1, -0.05) is 15.9 Å². The van der Waals surface area contributed by atoms with E-state index in [-0.39, 0.29) is 22.2 Å². The smallest absolute Gasteiger partial charge is 0.422 e. The van der Waals surface area contributed by atoms with Crippen LogP contribution in [0.3, 0.4) is 0 Å². The number of methoxy groups -OCH3 is 1. The number of pyridine rings is 1. The summed E-state index contributed by atoms with van der Waals surface area (Å²) in [7, 11) is -2.66. The van der Waals surface area contributed by atoms with Crippen molar-refractivity contribution in [2.75, 3.05) is 18.4 Å². The van der Waals surface area contributed by atoms with Crippen LogP contribution in [0, 0.1) is 0 Å². The molecule has 0 fully saturated rings. The molecule has 0 bridgehead atoms. The molecule has 0 aliphatic heterocycles. The predicted molar refractivity (Wildman–Crippen MR) is 87.3 cm³/mol. The highest BCUT2D eigenvalue weighted by molar-refractivity contribution is 9.10. The van der Waals surface area contributed by atoms with Crippen LogP contribution in [0.1, 0.15) is 0 Å². The topological polar surface area (TPSA) is 77.5 Å². The third kappa shape index (κ3) is 5.49. The van der Waals surface area contributed by atoms with Crippen molar-refractivity contribution in [1.29, 1.82) is 0 Å². The monoisotopic (exact) mass is 440 g/mol. The number of benzene rings is 1. The van der Waals surface area contributed by atoms with Gasteiger partial charge in [0, 0.05) is 10.5 Å². The predicted octanol–water partition coefficient (Wildman–Crippen LogP) is 3.59. The first kappa shape index (κ1) is 19.3. The molecule has 0 aliphatic rings. The summed E-state index contributed by atoms with van der Waals surface area (Å²) in [5.74, 6) is -0.144. The summed E-state index contributed by atoms with van der Waals surface area (Å²) >= 11 is 3.18. The van der Waals surface area contributed by atoms with Crippen LogP contribution in [0.4, 0.5) is 18.9 Å². The Hall–Kier alpha value is -2.01. The Morgan fingerprint density at radius 2 is 1.96 bits per heavy atom. The minimum Gasteiger partial charge on any atom is -0.495 e. The van der Waals surface area contributed by atoms with E-state index in [1.807, 2.05) is 0 Å². The minimum absolute atomic E-state index is 0.0568. The van der Waals surface area contributed by atoms with Gasteiger partial charge < -0.3 is 9.47 Å². The van der Waals surface area contributed by atoms with E-state index in [2.05, 4.69) is 30.4 Å². The molecule has 6 nitrogen and oxygen atoms in total. The number of sulfonamides is 1. The van der Waals surface area contributed by atoms with E-state index >= 15 is 0 Å². The van der Waals surface area contributed by atoms with E-state index in [1.165, 1.54) is 25.3 Å². The van der Waals surface area contributed by atoms with Gasteiger partial charge in [-0.05, 0) is 24.3 Å². The molecule has 136 valence electrons. The molecule has 1 N–H and O–H groups in total. The molecule has 0 unspecified atom stereocenters. The zero-order valence-corrected chi connectivity index (χ0v) is 15.1. The van der Waals surface area contributed by atoms with Crippen molar-refractivity contribution in [1.82, 2.24) is 4.98 Å². The quantitative estimate of drug-likeness (QED) is 0.742. The van der Waals surface area contributed by atoms with E-state index in [9.17, 15) is 21.6 Å². The first-order valence-electron chi connectivity index (χ1n) is 6.63. The lowest BCUT2D eigenvalue weighted by atomic mass is 10.3. The molecule has 1 heterocycles. The minimum atomic E-state index is -4.49. The first-order valence-corrected chi connectivity index (χ1v) is 8.90. The normalized spacial score (nSPS) is 11.9. The first-order chi connectivity index (χ1) is 11.6. The molecule has 1 aromatic heterocycles. The molecule has 0 spiro atoms. The number of nitrogens with one attached hydrogen (secondary N) is 1. The molecule has 1 aromatic carbocycles. The second-order valence-electron chi connectivity index (χ2n) is 4.69. The zero-order valence-electron chi connectivity index (χ0n) is 12.7. The standard InChI is InChI=1S/C14H12BrF3N2O4S/c1-23-11-4-2-9(15)6-12(11)25(21,22)20-10-3-5-13(19-7-10)24-8-14(16,17)18/h2-7,20H,8H2,1H3. The van der Waals surface area contributed by atoms with Crippen molar-refractivity contribution in [3.63, 3.8) is 0 Å². The SMILES string of the molecule is COc1ccc(Br)cc1S(=O)(=O)Nc1ccc(OCC(F)(F)F)nc1. The number of hydrogen-bond donors (Lipinski definition) is 1. The lowest BCUT2D eigenvalue weighted by Crippen LogP contribution is -2.19. The number of aromatic nitrogens is 1. The average molecular weight is 441 g/mol. The van der Waals surface area contributed by atoms with Crippen molar-refractivity contribution in [2.24, 2.45) is 0 Å². The van der Waals surface area contributed by atoms with Crippen LogP contribution in [0.5, 0.6) is 11.6 Å². The van der Waals surface area contributed by atoms with Crippen LogP contribution in [0.2, 0.25) is 0 Å². The van der Waals surface area contributed by atoms with Crippen LogP contribution in [-0.4, -0.2) is 33.3 Å². The molecule has 0 saturated heterocycles. The number of rotatable bonds is 6. The van der Waals surface area contributed by atoms with Gasteiger partial charge in [0.15, 0.2) is 6.61 Å². The van der Waals surface area contributed by atoms with Gasteiger partial charge in [-0.2, -0.15) is 13.2 Å². The maximum absolute atomic E-state index is 12.5. The van der Waals surface area contributed by atoms with Gasteiger partial charge in [-0.3, -0.25) is 4.72 Å². The van der Waals surface area contributed by atoms with E-state index in [0.29, 0.717) is 4.47 Å². The third-order valence-electron chi connectivity index (χ3n) is 2.79. The lowest BCUT2D eigenvalue weighted by molar-refractivity contribution is -0.154. The van der Waals surface area contributed by atoms with Crippen molar-refractivity contribution in [3.8, 4) is 11.6 Å². The molecule has 0 radical (unpaired) electrons. The van der Waals surface area contributed by atoms with Gasteiger partial charge in [0.1, 0.15) is 10.6 Å². The number of alkyl halides is 3. The second-order valence-corrected chi connectivity index (χ2v) is 7.26. The summed E-state index contributed by atoms with van der Waals surface area (Å²) in [5.41, 5.74) is 0.0568. The molecule has 25 heavy (non-hydrogen) atoms. The Kier molecular flexibility index (Phi) is 5.78. The van der Waals surface area contributed by atoms with Gasteiger partial charge in [0.2, 0.25) is 5.88 Å². The Balaban J connectivity index is 2.17. The van der Waals surface area contributed by atoms with Crippen LogP contribution in [-0.2, 0) is 10.0 Å². The van der Waals surface area contributed by atoms with Gasteiger partial charge in [-0.15, -0.1) is 0 Å². The van der Waals surface area contributed by atoms with Crippen molar-refractivity contribution in [3.05, 3.63) is 41.0 Å². The van der Waals surface area contributed by atoms with Crippen LogP contribution in [0.15, 0.2) is 45.9 Å². The average Bonchev–Trinajstić information content (AvgIpc) is 2.53. The van der Waals surface area contributed by atoms with Crippen molar-refractivity contribution in [2.45, 2.75) is 11.1 Å². The number of ether oxygens (including phenoxy) is 2. The van der Waals surface area contributed by atoms with Crippen LogP contribution < -0.4 is 14.2 Å². The third-order valence-corrected chi connectivity index (χ3v) is 4.68. The maximum atomic E-state index is 12.5. The van der Waals surface area contributed by atoms with Gasteiger partial charge >= 0.3 is 6.18 Å². The van der Waals surface area contributed by atoms with E-state index in [0.717, 1.165) is 12.3 Å². The fourth-order valence-corrected chi connectivity index (χ4v) is 3.50. The molecule has 2 aromatic rings. The fraction of sp³-hybridized carbons (Fsp3) is 0.214. The summed E-state index contributed by atoms with van der Waals surface area (Å²) in [6, 6.07) is 6.81. The molecular formula is C14H12BrF3N2O4S. The highest BCUT2D eigenvalue weighted by Crippen LogP contribution is 2.29. The van der Waals surface area contributed by atoms with E-state index in [4.69, 9.17) is 4.74 Å². The Bertz CT molecular complexity index is 842. The Morgan fingerprint density at radius 1 is 1.24 bits per heavy atom. The lowest BCUT2D eigenvalue weighted by Gasteiger charge is -2.12. The second kappa shape index (κ2) is 7.48. The number of hydrogen-bond acceptors (Lipinski definition) is 5. The molecule has 0 atom stereocenters. The highest BCUT2D eigenvalue weighted by Gasteiger charge is 2.28. The van der Waals surface area contributed by atoms with Crippen LogP contribution >= 0.6 is 15.9 Å². The molecule has 2 rings (SSSR count). The van der Waals surface area contributed by atoms with Crippen LogP contribution in [0.25, 0.3) is 0 Å². The largest absolute Gasteiger partial charge is 0.495 e. The Labute approximate surface area is 150 Å². The number of nitrogens with zero attached hydrogens (tertiary/aromatic N) is 1. The summed E-state index contributed by atoms with van der Waals surface area (Å²) in [6.45, 7) is -1.49. The zero-order chi connectivity index (χ0) is 18.7.